The van der Waals surface area contributed by atoms with E-state index in [1.165, 1.54) is 71.7 Å². The number of hydrogen-bond acceptors (Lipinski definition) is 0. The van der Waals surface area contributed by atoms with Gasteiger partial charge < -0.3 is 9.13 Å². The molecule has 2 aliphatic rings. The number of rotatable bonds is 3. The highest BCUT2D eigenvalue weighted by Gasteiger charge is 2.21. The molecule has 0 saturated carbocycles. The maximum Gasteiger partial charge on any atom is 0.0541 e. The third kappa shape index (κ3) is 3.45. The zero-order valence-electron chi connectivity index (χ0n) is 23.1. The Balaban J connectivity index is 1.16. The van der Waals surface area contributed by atoms with Gasteiger partial charge in [-0.3, -0.25) is 0 Å². The number of nitrogens with zero attached hydrogens (tertiary/aromatic N) is 2. The molecule has 0 fully saturated rings. The van der Waals surface area contributed by atoms with E-state index in [2.05, 4.69) is 161 Å². The van der Waals surface area contributed by atoms with Gasteiger partial charge in [0, 0.05) is 38.8 Å². The van der Waals surface area contributed by atoms with Crippen LogP contribution in [-0.4, -0.2) is 9.13 Å². The molecule has 2 heteroatoms. The van der Waals surface area contributed by atoms with Crippen molar-refractivity contribution in [3.8, 4) is 16.8 Å². The van der Waals surface area contributed by atoms with Crippen molar-refractivity contribution in [1.29, 1.82) is 0 Å². The predicted octanol–water partition coefficient (Wildman–Crippen LogP) is 10.5. The van der Waals surface area contributed by atoms with E-state index in [9.17, 15) is 0 Å². The topological polar surface area (TPSA) is 9.86 Å². The van der Waals surface area contributed by atoms with E-state index in [1.54, 1.807) is 0 Å². The van der Waals surface area contributed by atoms with Gasteiger partial charge in [0.05, 0.1) is 22.1 Å². The molecule has 0 spiro atoms. The Labute approximate surface area is 244 Å². The van der Waals surface area contributed by atoms with Crippen LogP contribution in [0.1, 0.15) is 6.42 Å². The monoisotopic (exact) mass is 536 g/mol. The molecule has 0 aliphatic heterocycles. The summed E-state index contributed by atoms with van der Waals surface area (Å²) >= 11 is 0. The first-order chi connectivity index (χ1) is 20.8. The van der Waals surface area contributed by atoms with Gasteiger partial charge in [-0.2, -0.15) is 0 Å². The number of hydrogen-bond donors (Lipinski definition) is 0. The number of para-hydroxylation sites is 3. The Bertz CT molecular complexity index is 2260. The highest BCUT2D eigenvalue weighted by Crippen LogP contribution is 2.39. The van der Waals surface area contributed by atoms with Crippen LogP contribution in [-0.2, 0) is 0 Å². The van der Waals surface area contributed by atoms with Gasteiger partial charge in [0.1, 0.15) is 0 Å². The number of benzene rings is 5. The van der Waals surface area contributed by atoms with Crippen LogP contribution >= 0.6 is 0 Å². The van der Waals surface area contributed by atoms with E-state index in [0.717, 1.165) is 6.42 Å². The lowest BCUT2D eigenvalue weighted by atomic mass is 9.86. The summed E-state index contributed by atoms with van der Waals surface area (Å²) in [4.78, 5) is 0. The Morgan fingerprint density at radius 1 is 0.500 bits per heavy atom. The minimum atomic E-state index is 0.443. The van der Waals surface area contributed by atoms with Crippen LogP contribution in [0.2, 0.25) is 0 Å². The highest BCUT2D eigenvalue weighted by atomic mass is 15.0. The Morgan fingerprint density at radius 2 is 1.10 bits per heavy atom. The first-order valence-corrected chi connectivity index (χ1v) is 14.7. The molecule has 2 nitrogen and oxygen atoms in total. The zero-order chi connectivity index (χ0) is 27.6. The fraction of sp³-hybridized carbons (Fsp3) is 0.0500. The fourth-order valence-corrected chi connectivity index (χ4v) is 7.08. The maximum absolute atomic E-state index is 2.47. The molecule has 0 saturated heterocycles. The lowest BCUT2D eigenvalue weighted by molar-refractivity contribution is 0.770. The largest absolute Gasteiger partial charge is 0.313 e. The van der Waals surface area contributed by atoms with Gasteiger partial charge in [-0.1, -0.05) is 103 Å². The second kappa shape index (κ2) is 9.09. The van der Waals surface area contributed by atoms with E-state index in [1.807, 2.05) is 0 Å². The van der Waals surface area contributed by atoms with Crippen molar-refractivity contribution < 1.29 is 0 Å². The summed E-state index contributed by atoms with van der Waals surface area (Å²) in [5, 5.41) is 5.17. The predicted molar refractivity (Wildman–Crippen MR) is 178 cm³/mol. The zero-order valence-corrected chi connectivity index (χ0v) is 23.1. The summed E-state index contributed by atoms with van der Waals surface area (Å²) in [7, 11) is 0. The van der Waals surface area contributed by atoms with E-state index in [-0.39, 0.29) is 0 Å². The fourth-order valence-electron chi connectivity index (χ4n) is 7.08. The third-order valence-corrected chi connectivity index (χ3v) is 9.07. The number of allylic oxidation sites excluding steroid dienone is 8. The highest BCUT2D eigenvalue weighted by molar-refractivity contribution is 6.11. The Hall–Kier alpha value is -5.34. The van der Waals surface area contributed by atoms with Crippen molar-refractivity contribution in [2.75, 3.05) is 0 Å². The van der Waals surface area contributed by atoms with Crippen LogP contribution in [0.25, 0.3) is 66.1 Å². The van der Waals surface area contributed by atoms with Gasteiger partial charge in [0.25, 0.3) is 0 Å². The summed E-state index contributed by atoms with van der Waals surface area (Å²) < 4.78 is 4.85. The van der Waals surface area contributed by atoms with Gasteiger partial charge >= 0.3 is 0 Å². The van der Waals surface area contributed by atoms with E-state index < -0.39 is 0 Å². The van der Waals surface area contributed by atoms with Crippen molar-refractivity contribution >= 4 is 49.3 Å². The maximum atomic E-state index is 2.47. The van der Waals surface area contributed by atoms with Crippen LogP contribution in [0.5, 0.6) is 0 Å². The molecule has 2 aliphatic carbocycles. The minimum absolute atomic E-state index is 0.443. The molecule has 5 aromatic carbocycles. The molecule has 42 heavy (non-hydrogen) atoms. The van der Waals surface area contributed by atoms with E-state index >= 15 is 0 Å². The van der Waals surface area contributed by atoms with E-state index in [4.69, 9.17) is 0 Å². The van der Waals surface area contributed by atoms with Crippen LogP contribution < -0.4 is 0 Å². The van der Waals surface area contributed by atoms with Crippen molar-refractivity contribution in [1.82, 2.24) is 9.13 Å². The summed E-state index contributed by atoms with van der Waals surface area (Å²) in [5.41, 5.74) is 11.4. The summed E-state index contributed by atoms with van der Waals surface area (Å²) in [6, 6.07) is 42.2. The quantitative estimate of drug-likeness (QED) is 0.213. The third-order valence-electron chi connectivity index (χ3n) is 9.07. The molecule has 2 heterocycles. The van der Waals surface area contributed by atoms with Crippen LogP contribution in [0.15, 0.2) is 157 Å². The molecule has 0 bridgehead atoms. The smallest absolute Gasteiger partial charge is 0.0541 e. The first kappa shape index (κ1) is 23.4. The van der Waals surface area contributed by atoms with Gasteiger partial charge in [0.2, 0.25) is 0 Å². The van der Waals surface area contributed by atoms with Gasteiger partial charge in [-0.25, -0.2) is 0 Å². The summed E-state index contributed by atoms with van der Waals surface area (Å²) in [5.74, 6) is 0.443. The SMILES string of the molecule is C1=CC2=CC=C(n3c4ccccc4c4cc(-c5ccc(-n6c7ccccc7c7ccccc76)cc5)ccc43)CC2C=C1. The molecular weight excluding hydrogens is 508 g/mol. The summed E-state index contributed by atoms with van der Waals surface area (Å²) in [6.07, 6.45) is 14.5. The normalized spacial score (nSPS) is 16.3. The molecule has 7 aromatic rings. The molecule has 9 rings (SSSR count). The number of aromatic nitrogens is 2. The van der Waals surface area contributed by atoms with Crippen molar-refractivity contribution in [2.45, 2.75) is 6.42 Å². The van der Waals surface area contributed by atoms with Crippen LogP contribution in [0.3, 0.4) is 0 Å². The van der Waals surface area contributed by atoms with E-state index in [0.29, 0.717) is 5.92 Å². The average molecular weight is 537 g/mol. The molecule has 1 atom stereocenters. The van der Waals surface area contributed by atoms with Crippen LogP contribution in [0.4, 0.5) is 0 Å². The standard InChI is InChI=1S/C40H28N2/c1-2-10-29-25-32(23-19-27(29)9-1)42-39-16-8-5-13-35(39)36-26-30(20-24-40(36)42)28-17-21-31(22-18-28)41-37-14-6-3-11-33(37)34-12-4-7-15-38(34)41/h1-24,26,29H,25H2. The van der Waals surface area contributed by atoms with Crippen LogP contribution in [0, 0.1) is 5.92 Å². The molecule has 0 radical (unpaired) electrons. The minimum Gasteiger partial charge on any atom is -0.313 e. The molecular formula is C40H28N2. The lowest BCUT2D eigenvalue weighted by Gasteiger charge is -2.24. The lowest BCUT2D eigenvalue weighted by Crippen LogP contribution is -2.10. The summed E-state index contributed by atoms with van der Waals surface area (Å²) in [6.45, 7) is 0. The molecule has 0 amide bonds. The molecule has 1 unspecified atom stereocenters. The second-order valence-electron chi connectivity index (χ2n) is 11.4. The van der Waals surface area contributed by atoms with Crippen molar-refractivity contribution in [3.05, 3.63) is 157 Å². The van der Waals surface area contributed by atoms with Gasteiger partial charge in [-0.15, -0.1) is 0 Å². The molecule has 2 aromatic heterocycles. The second-order valence-corrected chi connectivity index (χ2v) is 11.4. The Kier molecular flexibility index (Phi) is 5.06. The average Bonchev–Trinajstić information content (AvgIpc) is 3.57. The number of fused-ring (bicyclic) bond motifs is 7. The van der Waals surface area contributed by atoms with Crippen molar-refractivity contribution in [2.24, 2.45) is 5.92 Å². The van der Waals surface area contributed by atoms with Gasteiger partial charge in [0.15, 0.2) is 0 Å². The van der Waals surface area contributed by atoms with Gasteiger partial charge in [-0.05, 0) is 71.7 Å². The Morgan fingerprint density at radius 3 is 1.81 bits per heavy atom. The first-order valence-electron chi connectivity index (χ1n) is 14.7. The molecule has 0 N–H and O–H groups in total. The van der Waals surface area contributed by atoms with Crippen molar-refractivity contribution in [3.63, 3.8) is 0 Å². The molecule has 198 valence electrons.